The molecule has 2 bridgehead atoms. The van der Waals surface area contributed by atoms with E-state index < -0.39 is 52.2 Å². The van der Waals surface area contributed by atoms with Crippen molar-refractivity contribution in [2.24, 2.45) is 11.8 Å². The van der Waals surface area contributed by atoms with E-state index in [0.29, 0.717) is 13.1 Å². The predicted molar refractivity (Wildman–Crippen MR) is 122 cm³/mol. The monoisotopic (exact) mass is 541 g/mol. The number of halogens is 4. The molecular weight excluding hydrogens is 515 g/mol. The van der Waals surface area contributed by atoms with Crippen LogP contribution in [0, 0.1) is 23.2 Å². The first-order chi connectivity index (χ1) is 15.9. The highest BCUT2D eigenvalue weighted by atomic mass is 79.9. The van der Waals surface area contributed by atoms with Crippen molar-refractivity contribution in [1.29, 1.82) is 5.26 Å². The molecule has 0 aromatic heterocycles. The molecule has 2 amide bonds. The summed E-state index contributed by atoms with van der Waals surface area (Å²) in [6, 6.07) is 4.47. The molecular formula is C24H27BrF3N3O3. The van der Waals surface area contributed by atoms with Crippen LogP contribution in [0.3, 0.4) is 0 Å². The number of alkyl halides is 4. The molecule has 0 radical (unpaired) electrons. The number of ether oxygens (including phenoxy) is 1. The predicted octanol–water partition coefficient (Wildman–Crippen LogP) is 4.50. The smallest absolute Gasteiger partial charge is 0.365 e. The minimum Gasteiger partial charge on any atom is -0.365 e. The van der Waals surface area contributed by atoms with Crippen LogP contribution in [0.1, 0.15) is 50.7 Å². The summed E-state index contributed by atoms with van der Waals surface area (Å²) in [5.74, 6) is -2.63. The van der Waals surface area contributed by atoms with Crippen LogP contribution in [0.5, 0.6) is 0 Å². The number of hydrogen-bond acceptors (Lipinski definition) is 5. The molecule has 3 aliphatic rings. The van der Waals surface area contributed by atoms with Crippen molar-refractivity contribution < 1.29 is 27.5 Å². The fourth-order valence-corrected chi connectivity index (χ4v) is 6.36. The van der Waals surface area contributed by atoms with E-state index in [4.69, 9.17) is 10.00 Å². The summed E-state index contributed by atoms with van der Waals surface area (Å²) in [5, 5.41) is 10.0. The molecule has 0 spiro atoms. The molecule has 10 heteroatoms. The standard InChI is InChI=1S/C24H27BrF3N3O3/c1-22-13-30(10-6-4-3-5-9-25)14-23(2,34-22)19-18(22)20(32)31(21(19)33)16-8-7-15(12-29)17(11-16)24(26,27)28/h7-8,11,18-19H,3-6,9-10,13-14H2,1-2H3/t18-,19?,22?,23?/m0/s1. The minimum atomic E-state index is -4.78. The first kappa shape index (κ1) is 25.1. The van der Waals surface area contributed by atoms with Gasteiger partial charge < -0.3 is 4.74 Å². The third-order valence-corrected chi connectivity index (χ3v) is 7.77. The molecule has 6 nitrogen and oxygen atoms in total. The first-order valence-corrected chi connectivity index (χ1v) is 12.5. The Labute approximate surface area is 205 Å². The zero-order valence-corrected chi connectivity index (χ0v) is 20.7. The quantitative estimate of drug-likeness (QED) is 0.288. The highest BCUT2D eigenvalue weighted by molar-refractivity contribution is 9.09. The molecule has 3 aliphatic heterocycles. The lowest BCUT2D eigenvalue weighted by Crippen LogP contribution is -2.58. The van der Waals surface area contributed by atoms with E-state index in [-0.39, 0.29) is 5.69 Å². The summed E-state index contributed by atoms with van der Waals surface area (Å²) in [4.78, 5) is 30.1. The molecule has 4 rings (SSSR count). The second-order valence-electron chi connectivity index (χ2n) is 9.85. The third-order valence-electron chi connectivity index (χ3n) is 7.21. The van der Waals surface area contributed by atoms with Crippen molar-refractivity contribution in [3.8, 4) is 6.07 Å². The summed E-state index contributed by atoms with van der Waals surface area (Å²) in [6.07, 6.45) is -0.433. The lowest BCUT2D eigenvalue weighted by atomic mass is 9.79. The molecule has 4 atom stereocenters. The number of nitriles is 1. The lowest BCUT2D eigenvalue weighted by Gasteiger charge is -2.45. The maximum absolute atomic E-state index is 13.5. The van der Waals surface area contributed by atoms with E-state index in [2.05, 4.69) is 20.8 Å². The Kier molecular flexibility index (Phi) is 6.60. The number of fused-ring (bicyclic) bond motifs is 5. The van der Waals surface area contributed by atoms with Gasteiger partial charge in [-0.05, 0) is 51.4 Å². The van der Waals surface area contributed by atoms with Crippen molar-refractivity contribution in [3.05, 3.63) is 29.3 Å². The zero-order valence-electron chi connectivity index (χ0n) is 19.1. The second kappa shape index (κ2) is 8.92. The van der Waals surface area contributed by atoms with Gasteiger partial charge in [-0.3, -0.25) is 14.5 Å². The fraction of sp³-hybridized carbons (Fsp3) is 0.625. The van der Waals surface area contributed by atoms with Crippen molar-refractivity contribution >= 4 is 33.4 Å². The van der Waals surface area contributed by atoms with Crippen LogP contribution < -0.4 is 4.90 Å². The molecule has 3 saturated heterocycles. The van der Waals surface area contributed by atoms with Crippen LogP contribution in [0.2, 0.25) is 0 Å². The van der Waals surface area contributed by atoms with Crippen LogP contribution in [0.15, 0.2) is 18.2 Å². The number of benzene rings is 1. The van der Waals surface area contributed by atoms with Gasteiger partial charge in [-0.2, -0.15) is 18.4 Å². The summed E-state index contributed by atoms with van der Waals surface area (Å²) in [6.45, 7) is 5.45. The molecule has 3 heterocycles. The number of hydrogen-bond donors (Lipinski definition) is 0. The van der Waals surface area contributed by atoms with Crippen LogP contribution in [-0.2, 0) is 20.5 Å². The third kappa shape index (κ3) is 4.16. The number of carbonyl (C=O) groups is 2. The number of morpholine rings is 1. The molecule has 1 aromatic rings. The van der Waals surface area contributed by atoms with Crippen molar-refractivity contribution in [1.82, 2.24) is 4.90 Å². The Morgan fingerprint density at radius 3 is 2.21 bits per heavy atom. The van der Waals surface area contributed by atoms with Gasteiger partial charge >= 0.3 is 6.18 Å². The molecule has 34 heavy (non-hydrogen) atoms. The van der Waals surface area contributed by atoms with Gasteiger partial charge in [0.2, 0.25) is 11.8 Å². The van der Waals surface area contributed by atoms with E-state index in [1.807, 2.05) is 13.8 Å². The molecule has 3 fully saturated rings. The Morgan fingerprint density at radius 1 is 1.09 bits per heavy atom. The minimum absolute atomic E-state index is 0.162. The van der Waals surface area contributed by atoms with Gasteiger partial charge in [0.25, 0.3) is 0 Å². The maximum atomic E-state index is 13.5. The molecule has 184 valence electrons. The number of anilines is 1. The SMILES string of the molecule is CC12CN(CCCCCCBr)CC(C)(O1)[C@@H]1C(=O)N(c3ccc(C#N)c(C(F)(F)F)c3)C(=O)C12. The summed E-state index contributed by atoms with van der Waals surface area (Å²) >= 11 is 3.43. The number of likely N-dealkylation sites (tertiary alicyclic amines) is 1. The Balaban J connectivity index is 1.59. The normalized spacial score (nSPS) is 31.1. The van der Waals surface area contributed by atoms with E-state index in [1.165, 1.54) is 12.1 Å². The van der Waals surface area contributed by atoms with Gasteiger partial charge in [0.05, 0.1) is 45.9 Å². The van der Waals surface area contributed by atoms with E-state index >= 15 is 0 Å². The van der Waals surface area contributed by atoms with Crippen LogP contribution >= 0.6 is 15.9 Å². The lowest BCUT2D eigenvalue weighted by molar-refractivity contribution is -0.169. The topological polar surface area (TPSA) is 73.6 Å². The van der Waals surface area contributed by atoms with Gasteiger partial charge in [0, 0.05) is 18.4 Å². The number of nitrogens with zero attached hydrogens (tertiary/aromatic N) is 3. The number of unbranched alkanes of at least 4 members (excludes halogenated alkanes) is 3. The second-order valence-corrected chi connectivity index (χ2v) is 10.6. The summed E-state index contributed by atoms with van der Waals surface area (Å²) in [5.41, 5.74) is -3.70. The Morgan fingerprint density at radius 2 is 1.68 bits per heavy atom. The van der Waals surface area contributed by atoms with Gasteiger partial charge in [0.15, 0.2) is 0 Å². The van der Waals surface area contributed by atoms with Gasteiger partial charge in [0.1, 0.15) is 0 Å². The highest BCUT2D eigenvalue weighted by Gasteiger charge is 2.71. The fourth-order valence-electron chi connectivity index (χ4n) is 5.96. The largest absolute Gasteiger partial charge is 0.417 e. The van der Waals surface area contributed by atoms with Gasteiger partial charge in [-0.1, -0.05) is 28.8 Å². The van der Waals surface area contributed by atoms with Crippen LogP contribution in [0.25, 0.3) is 0 Å². The van der Waals surface area contributed by atoms with Gasteiger partial charge in [-0.25, -0.2) is 4.90 Å². The summed E-state index contributed by atoms with van der Waals surface area (Å²) < 4.78 is 46.8. The number of imide groups is 1. The number of amides is 2. The summed E-state index contributed by atoms with van der Waals surface area (Å²) in [7, 11) is 0. The Hall–Kier alpha value is -1.96. The first-order valence-electron chi connectivity index (χ1n) is 11.4. The van der Waals surface area contributed by atoms with Crippen LogP contribution in [-0.4, -0.2) is 52.9 Å². The van der Waals surface area contributed by atoms with E-state index in [9.17, 15) is 22.8 Å². The average molecular weight is 542 g/mol. The van der Waals surface area contributed by atoms with Crippen LogP contribution in [0.4, 0.5) is 18.9 Å². The highest BCUT2D eigenvalue weighted by Crippen LogP contribution is 2.55. The van der Waals surface area contributed by atoms with Crippen molar-refractivity contribution in [3.63, 3.8) is 0 Å². The maximum Gasteiger partial charge on any atom is 0.417 e. The molecule has 3 unspecified atom stereocenters. The molecule has 0 N–H and O–H groups in total. The number of rotatable bonds is 7. The van der Waals surface area contributed by atoms with Crippen molar-refractivity contribution in [2.75, 3.05) is 29.9 Å². The number of carbonyl (C=O) groups excluding carboxylic acids is 2. The average Bonchev–Trinajstić information content (AvgIpc) is 3.12. The zero-order chi connectivity index (χ0) is 24.9. The molecule has 0 saturated carbocycles. The van der Waals surface area contributed by atoms with Crippen molar-refractivity contribution in [2.45, 2.75) is 56.9 Å². The van der Waals surface area contributed by atoms with E-state index in [1.54, 1.807) is 0 Å². The van der Waals surface area contributed by atoms with Gasteiger partial charge in [-0.15, -0.1) is 0 Å². The Bertz CT molecular complexity index is 1010. The molecule has 0 aliphatic carbocycles. The van der Waals surface area contributed by atoms with E-state index in [0.717, 1.165) is 54.6 Å². The molecule has 1 aromatic carbocycles.